The van der Waals surface area contributed by atoms with Crippen molar-refractivity contribution in [1.29, 1.82) is 0 Å². The molecule has 0 spiro atoms. The topological polar surface area (TPSA) is 75.7 Å². The number of carbonyl (C=O) groups excluding carboxylic acids is 3. The summed E-state index contributed by atoms with van der Waals surface area (Å²) in [6, 6.07) is -0.527. The maximum Gasteiger partial charge on any atom is 0.329 e. The highest BCUT2D eigenvalue weighted by Gasteiger charge is 2.36. The van der Waals surface area contributed by atoms with Gasteiger partial charge in [-0.25, -0.2) is 4.79 Å². The van der Waals surface area contributed by atoms with E-state index in [-0.39, 0.29) is 24.3 Å². The van der Waals surface area contributed by atoms with Gasteiger partial charge in [-0.3, -0.25) is 9.59 Å². The number of hydrogen-bond donors (Lipinski definition) is 1. The van der Waals surface area contributed by atoms with E-state index in [1.165, 1.54) is 11.8 Å². The van der Waals surface area contributed by atoms with Gasteiger partial charge < -0.3 is 15.0 Å². The molecule has 1 atom stereocenters. The number of nitrogens with one attached hydrogen (secondary N) is 1. The number of nitrogens with zero attached hydrogens (tertiary/aromatic N) is 1. The fraction of sp³-hybridized carbons (Fsp3) is 0.769. The van der Waals surface area contributed by atoms with Gasteiger partial charge in [-0.2, -0.15) is 0 Å². The van der Waals surface area contributed by atoms with Crippen LogP contribution in [0.3, 0.4) is 0 Å². The third-order valence-corrected chi connectivity index (χ3v) is 2.74. The Labute approximate surface area is 113 Å². The van der Waals surface area contributed by atoms with E-state index in [2.05, 4.69) is 5.32 Å². The summed E-state index contributed by atoms with van der Waals surface area (Å²) >= 11 is 0. The molecule has 0 aromatic carbocycles. The summed E-state index contributed by atoms with van der Waals surface area (Å²) < 4.78 is 5.31. The minimum Gasteiger partial charge on any atom is -0.458 e. The zero-order valence-electron chi connectivity index (χ0n) is 12.0. The average molecular weight is 270 g/mol. The van der Waals surface area contributed by atoms with Gasteiger partial charge in [0.25, 0.3) is 0 Å². The Kier molecular flexibility index (Phi) is 4.91. The molecule has 1 aliphatic rings. The Morgan fingerprint density at radius 1 is 1.32 bits per heavy atom. The van der Waals surface area contributed by atoms with Crippen LogP contribution in [0.15, 0.2) is 0 Å². The van der Waals surface area contributed by atoms with E-state index in [1.54, 1.807) is 20.8 Å². The standard InChI is InChI=1S/C13H22N2O4/c1-9(16)14-8-11(17)15-7-5-6-10(15)12(18)19-13(2,3)4/h10H,5-8H2,1-4H3,(H,14,16)/t10-/m0/s1. The molecule has 6 nitrogen and oxygen atoms in total. The molecule has 0 bridgehead atoms. The predicted molar refractivity (Wildman–Crippen MR) is 69.3 cm³/mol. The summed E-state index contributed by atoms with van der Waals surface area (Å²) in [5, 5.41) is 2.45. The molecule has 1 N–H and O–H groups in total. The minimum absolute atomic E-state index is 0.0748. The van der Waals surface area contributed by atoms with Crippen LogP contribution in [0.4, 0.5) is 0 Å². The smallest absolute Gasteiger partial charge is 0.329 e. The first-order chi connectivity index (χ1) is 8.70. The van der Waals surface area contributed by atoms with Crippen LogP contribution in [0.5, 0.6) is 0 Å². The highest BCUT2D eigenvalue weighted by molar-refractivity contribution is 5.88. The molecule has 2 amide bonds. The van der Waals surface area contributed by atoms with Gasteiger partial charge in [-0.1, -0.05) is 0 Å². The van der Waals surface area contributed by atoms with Gasteiger partial charge in [-0.15, -0.1) is 0 Å². The molecule has 0 radical (unpaired) electrons. The molecule has 6 heteroatoms. The fourth-order valence-electron chi connectivity index (χ4n) is 1.98. The third kappa shape index (κ3) is 4.89. The lowest BCUT2D eigenvalue weighted by atomic mass is 10.1. The summed E-state index contributed by atoms with van der Waals surface area (Å²) in [5.74, 6) is -0.883. The van der Waals surface area contributed by atoms with Crippen LogP contribution in [0, 0.1) is 0 Å². The van der Waals surface area contributed by atoms with Crippen molar-refractivity contribution in [2.75, 3.05) is 13.1 Å². The van der Waals surface area contributed by atoms with Crippen molar-refractivity contribution in [1.82, 2.24) is 10.2 Å². The number of rotatable bonds is 3. The maximum atomic E-state index is 12.0. The van der Waals surface area contributed by atoms with Gasteiger partial charge in [0, 0.05) is 13.5 Å². The number of carbonyl (C=O) groups is 3. The SMILES string of the molecule is CC(=O)NCC(=O)N1CCC[C@H]1C(=O)OC(C)(C)C. The molecule has 0 aliphatic carbocycles. The molecular formula is C13H22N2O4. The normalized spacial score (nSPS) is 19.2. The number of ether oxygens (including phenoxy) is 1. The van der Waals surface area contributed by atoms with Crippen molar-refractivity contribution in [3.8, 4) is 0 Å². The summed E-state index contributed by atoms with van der Waals surface area (Å²) in [6.07, 6.45) is 1.39. The van der Waals surface area contributed by atoms with E-state index in [4.69, 9.17) is 4.74 Å². The second kappa shape index (κ2) is 6.04. The predicted octanol–water partition coefficient (Wildman–Crippen LogP) is 0.455. The van der Waals surface area contributed by atoms with Crippen LogP contribution in [0.2, 0.25) is 0 Å². The average Bonchev–Trinajstić information content (AvgIpc) is 2.72. The van der Waals surface area contributed by atoms with Crippen molar-refractivity contribution in [3.63, 3.8) is 0 Å². The lowest BCUT2D eigenvalue weighted by Crippen LogP contribution is -2.47. The van der Waals surface area contributed by atoms with E-state index in [1.807, 2.05) is 0 Å². The molecule has 108 valence electrons. The first-order valence-electron chi connectivity index (χ1n) is 6.47. The number of esters is 1. The molecule has 0 unspecified atom stereocenters. The van der Waals surface area contributed by atoms with E-state index >= 15 is 0 Å². The lowest BCUT2D eigenvalue weighted by molar-refractivity contribution is -0.163. The number of likely N-dealkylation sites (tertiary alicyclic amines) is 1. The summed E-state index contributed by atoms with van der Waals surface area (Å²) in [5.41, 5.74) is -0.563. The largest absolute Gasteiger partial charge is 0.458 e. The Bertz CT molecular complexity index is 373. The Morgan fingerprint density at radius 3 is 2.47 bits per heavy atom. The molecule has 1 saturated heterocycles. The first kappa shape index (κ1) is 15.5. The van der Waals surface area contributed by atoms with E-state index in [0.717, 1.165) is 6.42 Å². The molecular weight excluding hydrogens is 248 g/mol. The van der Waals surface area contributed by atoms with Gasteiger partial charge in [0.1, 0.15) is 11.6 Å². The van der Waals surface area contributed by atoms with Crippen LogP contribution >= 0.6 is 0 Å². The van der Waals surface area contributed by atoms with E-state index in [0.29, 0.717) is 13.0 Å². The molecule has 0 aromatic rings. The van der Waals surface area contributed by atoms with Gasteiger partial charge in [-0.05, 0) is 33.6 Å². The molecule has 19 heavy (non-hydrogen) atoms. The monoisotopic (exact) mass is 270 g/mol. The van der Waals surface area contributed by atoms with Gasteiger partial charge in [0.05, 0.1) is 6.54 Å². The second-order valence-corrected chi connectivity index (χ2v) is 5.69. The molecule has 0 saturated carbocycles. The minimum atomic E-state index is -0.563. The Balaban J connectivity index is 2.60. The fourth-order valence-corrected chi connectivity index (χ4v) is 1.98. The van der Waals surface area contributed by atoms with Gasteiger partial charge >= 0.3 is 5.97 Å². The molecule has 0 aromatic heterocycles. The molecule has 1 fully saturated rings. The summed E-state index contributed by atoms with van der Waals surface area (Å²) in [7, 11) is 0. The highest BCUT2D eigenvalue weighted by Crippen LogP contribution is 2.21. The quantitative estimate of drug-likeness (QED) is 0.756. The lowest BCUT2D eigenvalue weighted by Gasteiger charge is -2.27. The highest BCUT2D eigenvalue weighted by atomic mass is 16.6. The zero-order valence-corrected chi connectivity index (χ0v) is 12.0. The number of amides is 2. The van der Waals surface area contributed by atoms with E-state index < -0.39 is 11.6 Å². The van der Waals surface area contributed by atoms with Crippen molar-refractivity contribution >= 4 is 17.8 Å². The van der Waals surface area contributed by atoms with Crippen LogP contribution in [-0.2, 0) is 19.1 Å². The van der Waals surface area contributed by atoms with Crippen LogP contribution < -0.4 is 5.32 Å². The van der Waals surface area contributed by atoms with Crippen molar-refractivity contribution in [2.45, 2.75) is 52.2 Å². The first-order valence-corrected chi connectivity index (χ1v) is 6.47. The summed E-state index contributed by atoms with van der Waals surface area (Å²) in [6.45, 7) is 7.19. The molecule has 1 aliphatic heterocycles. The zero-order chi connectivity index (χ0) is 14.6. The van der Waals surface area contributed by atoms with Gasteiger partial charge in [0.15, 0.2) is 0 Å². The van der Waals surface area contributed by atoms with Crippen LogP contribution in [0.25, 0.3) is 0 Å². The van der Waals surface area contributed by atoms with Gasteiger partial charge in [0.2, 0.25) is 11.8 Å². The van der Waals surface area contributed by atoms with Crippen LogP contribution in [-0.4, -0.2) is 47.4 Å². The van der Waals surface area contributed by atoms with Crippen molar-refractivity contribution in [3.05, 3.63) is 0 Å². The molecule has 1 heterocycles. The van der Waals surface area contributed by atoms with Crippen molar-refractivity contribution in [2.24, 2.45) is 0 Å². The second-order valence-electron chi connectivity index (χ2n) is 5.69. The van der Waals surface area contributed by atoms with Crippen molar-refractivity contribution < 1.29 is 19.1 Å². The number of hydrogen-bond acceptors (Lipinski definition) is 4. The van der Waals surface area contributed by atoms with Crippen LogP contribution in [0.1, 0.15) is 40.5 Å². The molecule has 1 rings (SSSR count). The summed E-state index contributed by atoms with van der Waals surface area (Å²) in [4.78, 5) is 36.2. The third-order valence-electron chi connectivity index (χ3n) is 2.74. The maximum absolute atomic E-state index is 12.0. The Morgan fingerprint density at radius 2 is 1.95 bits per heavy atom. The van der Waals surface area contributed by atoms with E-state index in [9.17, 15) is 14.4 Å². The Hall–Kier alpha value is -1.59.